The molecule has 0 bridgehead atoms. The van der Waals surface area contributed by atoms with Crippen molar-refractivity contribution in [1.82, 2.24) is 10.3 Å². The van der Waals surface area contributed by atoms with Crippen molar-refractivity contribution in [2.75, 3.05) is 0 Å². The summed E-state index contributed by atoms with van der Waals surface area (Å²) in [7, 11) is 0. The molecule has 2 rings (SSSR count). The molecule has 1 N–H and O–H groups in total. The highest BCUT2D eigenvalue weighted by Crippen LogP contribution is 2.11. The molecule has 1 heterocycles. The van der Waals surface area contributed by atoms with Gasteiger partial charge in [0.2, 0.25) is 0 Å². The van der Waals surface area contributed by atoms with Gasteiger partial charge in [-0.15, -0.1) is 11.3 Å². The zero-order valence-corrected chi connectivity index (χ0v) is 10.4. The van der Waals surface area contributed by atoms with Crippen LogP contribution in [0.15, 0.2) is 30.5 Å². The molecule has 1 aromatic carbocycles. The average molecular weight is 243 g/mol. The van der Waals surface area contributed by atoms with Crippen LogP contribution in [0.4, 0.5) is 0 Å². The van der Waals surface area contributed by atoms with Gasteiger partial charge in [0, 0.05) is 24.2 Å². The van der Waals surface area contributed by atoms with E-state index in [1.165, 1.54) is 4.88 Å². The fourth-order valence-electron chi connectivity index (χ4n) is 1.57. The van der Waals surface area contributed by atoms with Crippen molar-refractivity contribution in [3.63, 3.8) is 0 Å². The molecule has 0 aliphatic heterocycles. The van der Waals surface area contributed by atoms with Gasteiger partial charge in [-0.2, -0.15) is 5.26 Å². The van der Waals surface area contributed by atoms with E-state index in [1.54, 1.807) is 11.3 Å². The number of nitrogens with zero attached hydrogens (tertiary/aromatic N) is 2. The molecule has 0 radical (unpaired) electrons. The number of benzene rings is 1. The van der Waals surface area contributed by atoms with E-state index < -0.39 is 0 Å². The molecular weight excluding hydrogens is 230 g/mol. The molecule has 0 aliphatic carbocycles. The minimum Gasteiger partial charge on any atom is -0.306 e. The van der Waals surface area contributed by atoms with Gasteiger partial charge in [-0.1, -0.05) is 18.2 Å². The van der Waals surface area contributed by atoms with E-state index in [1.807, 2.05) is 37.4 Å². The molecule has 0 fully saturated rings. The van der Waals surface area contributed by atoms with Crippen LogP contribution < -0.4 is 5.32 Å². The van der Waals surface area contributed by atoms with Crippen LogP contribution in [-0.4, -0.2) is 4.98 Å². The molecule has 1 aromatic heterocycles. The highest BCUT2D eigenvalue weighted by molar-refractivity contribution is 7.11. The summed E-state index contributed by atoms with van der Waals surface area (Å²) in [6.45, 7) is 3.49. The van der Waals surface area contributed by atoms with Crippen molar-refractivity contribution < 1.29 is 0 Å². The summed E-state index contributed by atoms with van der Waals surface area (Å²) in [4.78, 5) is 5.50. The first-order valence-corrected chi connectivity index (χ1v) is 6.21. The van der Waals surface area contributed by atoms with Crippen molar-refractivity contribution in [1.29, 1.82) is 5.26 Å². The monoisotopic (exact) mass is 243 g/mol. The van der Waals surface area contributed by atoms with E-state index in [9.17, 15) is 0 Å². The Morgan fingerprint density at radius 3 is 2.88 bits per heavy atom. The summed E-state index contributed by atoms with van der Waals surface area (Å²) in [6, 6.07) is 9.84. The van der Waals surface area contributed by atoms with Crippen molar-refractivity contribution in [2.45, 2.75) is 20.0 Å². The van der Waals surface area contributed by atoms with Crippen molar-refractivity contribution in [3.05, 3.63) is 51.5 Å². The number of nitrogens with one attached hydrogen (secondary N) is 1. The summed E-state index contributed by atoms with van der Waals surface area (Å²) >= 11 is 1.69. The lowest BCUT2D eigenvalue weighted by Gasteiger charge is -2.04. The summed E-state index contributed by atoms with van der Waals surface area (Å²) in [5.74, 6) is 0. The lowest BCUT2D eigenvalue weighted by Crippen LogP contribution is -2.13. The number of hydrogen-bond acceptors (Lipinski definition) is 4. The second-order valence-electron chi connectivity index (χ2n) is 3.74. The first kappa shape index (κ1) is 11.8. The van der Waals surface area contributed by atoms with Gasteiger partial charge >= 0.3 is 0 Å². The van der Waals surface area contributed by atoms with Crippen LogP contribution >= 0.6 is 11.3 Å². The summed E-state index contributed by atoms with van der Waals surface area (Å²) < 4.78 is 0. The molecule has 86 valence electrons. The van der Waals surface area contributed by atoms with Crippen LogP contribution in [0.25, 0.3) is 0 Å². The number of aryl methyl sites for hydroxylation is 1. The van der Waals surface area contributed by atoms with Crippen molar-refractivity contribution >= 4 is 11.3 Å². The van der Waals surface area contributed by atoms with Crippen LogP contribution in [0.2, 0.25) is 0 Å². The molecule has 0 aliphatic rings. The molecular formula is C13H13N3S. The maximum Gasteiger partial charge on any atom is 0.107 e. The fraction of sp³-hybridized carbons (Fsp3) is 0.231. The Bertz CT molecular complexity index is 540. The van der Waals surface area contributed by atoms with E-state index in [-0.39, 0.29) is 0 Å². The normalized spacial score (nSPS) is 10.1. The third kappa shape index (κ3) is 3.13. The second kappa shape index (κ2) is 5.58. The third-order valence-electron chi connectivity index (χ3n) is 2.40. The quantitative estimate of drug-likeness (QED) is 0.898. The van der Waals surface area contributed by atoms with Gasteiger partial charge in [0.05, 0.1) is 11.6 Å². The highest BCUT2D eigenvalue weighted by Gasteiger charge is 2.01. The molecule has 0 unspecified atom stereocenters. The van der Waals surface area contributed by atoms with Crippen molar-refractivity contribution in [3.8, 4) is 6.07 Å². The molecule has 0 saturated carbocycles. The number of hydrogen-bond donors (Lipinski definition) is 1. The largest absolute Gasteiger partial charge is 0.306 e. The predicted molar refractivity (Wildman–Crippen MR) is 68.6 cm³/mol. The average Bonchev–Trinajstić information content (AvgIpc) is 2.76. The Morgan fingerprint density at radius 1 is 1.35 bits per heavy atom. The van der Waals surface area contributed by atoms with E-state index in [0.29, 0.717) is 6.54 Å². The number of thiazole rings is 1. The Morgan fingerprint density at radius 2 is 2.18 bits per heavy atom. The first-order chi connectivity index (χ1) is 8.29. The third-order valence-corrected chi connectivity index (χ3v) is 3.31. The SMILES string of the molecule is Cc1cnc(CNCc2ccccc2C#N)s1. The number of rotatable bonds is 4. The van der Waals surface area contributed by atoms with Crippen LogP contribution in [0, 0.1) is 18.3 Å². The standard InChI is InChI=1S/C13H13N3S/c1-10-7-16-13(17-10)9-15-8-12-5-3-2-4-11(12)6-14/h2-5,7,15H,8-9H2,1H3. The molecule has 17 heavy (non-hydrogen) atoms. The van der Waals surface area contributed by atoms with Gasteiger partial charge in [0.15, 0.2) is 0 Å². The summed E-state index contributed by atoms with van der Waals surface area (Å²) in [5.41, 5.74) is 1.76. The van der Waals surface area contributed by atoms with Gasteiger partial charge in [-0.05, 0) is 18.6 Å². The molecule has 0 saturated heterocycles. The summed E-state index contributed by atoms with van der Waals surface area (Å²) in [5, 5.41) is 13.3. The molecule has 4 heteroatoms. The Labute approximate surface area is 105 Å². The topological polar surface area (TPSA) is 48.7 Å². The Kier molecular flexibility index (Phi) is 3.86. The molecule has 0 amide bonds. The van der Waals surface area contributed by atoms with Gasteiger partial charge < -0.3 is 5.32 Å². The Hall–Kier alpha value is -1.70. The zero-order valence-electron chi connectivity index (χ0n) is 9.60. The van der Waals surface area contributed by atoms with Crippen LogP contribution in [-0.2, 0) is 13.1 Å². The van der Waals surface area contributed by atoms with Gasteiger partial charge in [0.25, 0.3) is 0 Å². The van der Waals surface area contributed by atoms with E-state index >= 15 is 0 Å². The van der Waals surface area contributed by atoms with Crippen LogP contribution in [0.1, 0.15) is 21.0 Å². The molecule has 2 aromatic rings. The van der Waals surface area contributed by atoms with Gasteiger partial charge in [-0.25, -0.2) is 4.98 Å². The first-order valence-electron chi connectivity index (χ1n) is 5.39. The zero-order chi connectivity index (χ0) is 12.1. The van der Waals surface area contributed by atoms with Crippen LogP contribution in [0.3, 0.4) is 0 Å². The maximum atomic E-state index is 8.95. The van der Waals surface area contributed by atoms with Gasteiger partial charge in [-0.3, -0.25) is 0 Å². The minimum atomic E-state index is 0.697. The van der Waals surface area contributed by atoms with E-state index in [4.69, 9.17) is 5.26 Å². The minimum absolute atomic E-state index is 0.697. The second-order valence-corrected chi connectivity index (χ2v) is 5.06. The van der Waals surface area contributed by atoms with Crippen molar-refractivity contribution in [2.24, 2.45) is 0 Å². The molecule has 3 nitrogen and oxygen atoms in total. The van der Waals surface area contributed by atoms with Crippen LogP contribution in [0.5, 0.6) is 0 Å². The lowest BCUT2D eigenvalue weighted by atomic mass is 10.1. The molecule has 0 spiro atoms. The Balaban J connectivity index is 1.92. The highest BCUT2D eigenvalue weighted by atomic mass is 32.1. The fourth-order valence-corrected chi connectivity index (χ4v) is 2.33. The smallest absolute Gasteiger partial charge is 0.107 e. The number of nitriles is 1. The van der Waals surface area contributed by atoms with Gasteiger partial charge in [0.1, 0.15) is 5.01 Å². The van der Waals surface area contributed by atoms with E-state index in [0.717, 1.165) is 22.7 Å². The lowest BCUT2D eigenvalue weighted by molar-refractivity contribution is 0.689. The predicted octanol–water partition coefficient (Wildman–Crippen LogP) is 2.61. The maximum absolute atomic E-state index is 8.95. The number of aromatic nitrogens is 1. The summed E-state index contributed by atoms with van der Waals surface area (Å²) in [6.07, 6.45) is 1.88. The van der Waals surface area contributed by atoms with E-state index in [2.05, 4.69) is 16.4 Å². The molecule has 0 atom stereocenters.